The molecule has 4 N–H and O–H groups in total. The van der Waals surface area contributed by atoms with Crippen LogP contribution in [0.1, 0.15) is 10.4 Å². The Labute approximate surface area is 81.6 Å². The lowest BCUT2D eigenvalue weighted by Gasteiger charge is -2.08. The minimum absolute atomic E-state index is 0.0597. The van der Waals surface area contributed by atoms with Crippen molar-refractivity contribution in [1.82, 2.24) is 0 Å². The Morgan fingerprint density at radius 2 is 2.21 bits per heavy atom. The number of nitrogen functional groups attached to an aromatic ring is 1. The zero-order chi connectivity index (χ0) is 10.6. The van der Waals surface area contributed by atoms with Gasteiger partial charge in [0.1, 0.15) is 5.75 Å². The number of amides is 1. The predicted molar refractivity (Wildman–Crippen MR) is 51.9 cm³/mol. The van der Waals surface area contributed by atoms with Crippen LogP contribution in [0, 0.1) is 0 Å². The van der Waals surface area contributed by atoms with Gasteiger partial charge in [-0.2, -0.15) is 0 Å². The molecule has 0 bridgehead atoms. The van der Waals surface area contributed by atoms with E-state index in [1.165, 1.54) is 13.2 Å². The first kappa shape index (κ1) is 10.3. The molecule has 1 aromatic carbocycles. The fourth-order valence-corrected chi connectivity index (χ4v) is 0.988. The van der Waals surface area contributed by atoms with E-state index in [1.54, 1.807) is 12.1 Å². The highest BCUT2D eigenvalue weighted by molar-refractivity contribution is 5.96. The number of carbonyl (C=O) groups excluding carboxylic acids is 1. The van der Waals surface area contributed by atoms with Gasteiger partial charge < -0.3 is 20.9 Å². The first-order valence-corrected chi connectivity index (χ1v) is 3.96. The highest BCUT2D eigenvalue weighted by atomic mass is 16.7. The Morgan fingerprint density at radius 3 is 2.79 bits per heavy atom. The number of benzene rings is 1. The topological polar surface area (TPSA) is 87.6 Å². The van der Waals surface area contributed by atoms with Crippen molar-refractivity contribution in [2.24, 2.45) is 5.73 Å². The summed E-state index contributed by atoms with van der Waals surface area (Å²) in [5, 5.41) is 0. The molecule has 0 aromatic heterocycles. The van der Waals surface area contributed by atoms with E-state index in [0.717, 1.165) is 0 Å². The Bertz CT molecular complexity index is 339. The van der Waals surface area contributed by atoms with Gasteiger partial charge in [-0.25, -0.2) is 0 Å². The van der Waals surface area contributed by atoms with E-state index in [4.69, 9.17) is 20.9 Å². The summed E-state index contributed by atoms with van der Waals surface area (Å²) in [6.07, 6.45) is 0. The lowest BCUT2D eigenvalue weighted by Crippen LogP contribution is -2.14. The number of hydrogen-bond donors (Lipinski definition) is 2. The lowest BCUT2D eigenvalue weighted by molar-refractivity contribution is 0.0502. The number of nitrogens with two attached hydrogens (primary N) is 2. The molecular formula is C9H12N2O3. The Hall–Kier alpha value is -1.75. The van der Waals surface area contributed by atoms with Gasteiger partial charge in [-0.3, -0.25) is 4.79 Å². The summed E-state index contributed by atoms with van der Waals surface area (Å²) in [4.78, 5) is 11.0. The molecule has 1 rings (SSSR count). The number of methoxy groups -OCH3 is 1. The quantitative estimate of drug-likeness (QED) is 0.537. The van der Waals surface area contributed by atoms with Gasteiger partial charge in [0.25, 0.3) is 5.91 Å². The van der Waals surface area contributed by atoms with E-state index >= 15 is 0 Å². The number of primary amides is 1. The van der Waals surface area contributed by atoms with Crippen molar-refractivity contribution in [3.05, 3.63) is 23.8 Å². The summed E-state index contributed by atoms with van der Waals surface area (Å²) >= 11 is 0. The Kier molecular flexibility index (Phi) is 3.30. The molecule has 5 nitrogen and oxygen atoms in total. The van der Waals surface area contributed by atoms with Crippen LogP contribution in [0.25, 0.3) is 0 Å². The van der Waals surface area contributed by atoms with Crippen LogP contribution in [0.15, 0.2) is 18.2 Å². The van der Waals surface area contributed by atoms with Crippen LogP contribution < -0.4 is 16.2 Å². The van der Waals surface area contributed by atoms with Crippen LogP contribution >= 0.6 is 0 Å². The average molecular weight is 196 g/mol. The first-order chi connectivity index (χ1) is 6.65. The summed E-state index contributed by atoms with van der Waals surface area (Å²) in [6, 6.07) is 4.67. The second-order valence-corrected chi connectivity index (χ2v) is 2.67. The summed E-state index contributed by atoms with van der Waals surface area (Å²) < 4.78 is 9.83. The molecule has 0 aliphatic carbocycles. The maximum atomic E-state index is 11.0. The maximum absolute atomic E-state index is 11.0. The van der Waals surface area contributed by atoms with Gasteiger partial charge in [0, 0.05) is 12.8 Å². The normalized spacial score (nSPS) is 9.79. The molecule has 0 spiro atoms. The molecule has 0 saturated carbocycles. The minimum atomic E-state index is -0.580. The summed E-state index contributed by atoms with van der Waals surface area (Å²) in [5.74, 6) is -0.211. The number of rotatable bonds is 4. The minimum Gasteiger partial charge on any atom is -0.467 e. The van der Waals surface area contributed by atoms with Gasteiger partial charge in [0.05, 0.1) is 5.56 Å². The van der Waals surface area contributed by atoms with Crippen molar-refractivity contribution in [3.8, 4) is 5.75 Å². The Balaban J connectivity index is 2.96. The standard InChI is InChI=1S/C9H12N2O3/c1-13-5-14-8-3-2-6(10)4-7(8)9(11)12/h2-4H,5,10H2,1H3,(H2,11,12). The zero-order valence-electron chi connectivity index (χ0n) is 7.82. The second-order valence-electron chi connectivity index (χ2n) is 2.67. The zero-order valence-corrected chi connectivity index (χ0v) is 7.82. The molecule has 0 aliphatic heterocycles. The molecule has 0 atom stereocenters. The predicted octanol–water partition coefficient (Wildman–Crippen LogP) is 0.350. The van der Waals surface area contributed by atoms with Crippen LogP contribution in [0.4, 0.5) is 5.69 Å². The van der Waals surface area contributed by atoms with Crippen LogP contribution in [0.5, 0.6) is 5.75 Å². The average Bonchev–Trinajstić information content (AvgIpc) is 2.15. The van der Waals surface area contributed by atoms with Crippen molar-refractivity contribution < 1.29 is 14.3 Å². The fourth-order valence-electron chi connectivity index (χ4n) is 0.988. The van der Waals surface area contributed by atoms with E-state index in [2.05, 4.69) is 0 Å². The third kappa shape index (κ3) is 2.37. The molecular weight excluding hydrogens is 184 g/mol. The fraction of sp³-hybridized carbons (Fsp3) is 0.222. The maximum Gasteiger partial charge on any atom is 0.252 e. The van der Waals surface area contributed by atoms with E-state index in [1.807, 2.05) is 0 Å². The van der Waals surface area contributed by atoms with Gasteiger partial charge in [-0.15, -0.1) is 0 Å². The molecule has 0 aliphatic rings. The number of anilines is 1. The van der Waals surface area contributed by atoms with Crippen molar-refractivity contribution in [2.45, 2.75) is 0 Å². The molecule has 0 heterocycles. The molecule has 0 fully saturated rings. The molecule has 1 aromatic rings. The molecule has 0 radical (unpaired) electrons. The monoisotopic (exact) mass is 196 g/mol. The molecule has 5 heteroatoms. The van der Waals surface area contributed by atoms with Crippen molar-refractivity contribution >= 4 is 11.6 Å². The summed E-state index contributed by atoms with van der Waals surface area (Å²) in [5.41, 5.74) is 11.4. The van der Waals surface area contributed by atoms with Gasteiger partial charge in [0.15, 0.2) is 6.79 Å². The third-order valence-corrected chi connectivity index (χ3v) is 1.60. The molecule has 0 unspecified atom stereocenters. The SMILES string of the molecule is COCOc1ccc(N)cc1C(N)=O. The van der Waals surface area contributed by atoms with Gasteiger partial charge in [-0.1, -0.05) is 0 Å². The highest BCUT2D eigenvalue weighted by Crippen LogP contribution is 2.20. The number of carbonyl (C=O) groups is 1. The number of hydrogen-bond acceptors (Lipinski definition) is 4. The highest BCUT2D eigenvalue weighted by Gasteiger charge is 2.09. The molecule has 1 amide bonds. The van der Waals surface area contributed by atoms with E-state index in [-0.39, 0.29) is 12.4 Å². The second kappa shape index (κ2) is 4.48. The van der Waals surface area contributed by atoms with Gasteiger partial charge >= 0.3 is 0 Å². The van der Waals surface area contributed by atoms with Crippen LogP contribution in [0.3, 0.4) is 0 Å². The van der Waals surface area contributed by atoms with Crippen LogP contribution in [-0.2, 0) is 4.74 Å². The van der Waals surface area contributed by atoms with Gasteiger partial charge in [-0.05, 0) is 18.2 Å². The van der Waals surface area contributed by atoms with Crippen molar-refractivity contribution in [2.75, 3.05) is 19.6 Å². The Morgan fingerprint density at radius 1 is 1.50 bits per heavy atom. The lowest BCUT2D eigenvalue weighted by atomic mass is 10.1. The van der Waals surface area contributed by atoms with Crippen LogP contribution in [0.2, 0.25) is 0 Å². The molecule has 76 valence electrons. The smallest absolute Gasteiger partial charge is 0.252 e. The largest absolute Gasteiger partial charge is 0.467 e. The summed E-state index contributed by atoms with van der Waals surface area (Å²) in [6.45, 7) is 0.0597. The first-order valence-electron chi connectivity index (χ1n) is 3.96. The van der Waals surface area contributed by atoms with Crippen molar-refractivity contribution in [3.63, 3.8) is 0 Å². The summed E-state index contributed by atoms with van der Waals surface area (Å²) in [7, 11) is 1.49. The van der Waals surface area contributed by atoms with E-state index in [9.17, 15) is 4.79 Å². The van der Waals surface area contributed by atoms with E-state index in [0.29, 0.717) is 11.4 Å². The number of ether oxygens (including phenoxy) is 2. The van der Waals surface area contributed by atoms with Crippen molar-refractivity contribution in [1.29, 1.82) is 0 Å². The van der Waals surface area contributed by atoms with Crippen LogP contribution in [-0.4, -0.2) is 19.8 Å². The third-order valence-electron chi connectivity index (χ3n) is 1.60. The molecule has 14 heavy (non-hydrogen) atoms. The van der Waals surface area contributed by atoms with E-state index < -0.39 is 5.91 Å². The molecule has 0 saturated heterocycles. The van der Waals surface area contributed by atoms with Gasteiger partial charge in [0.2, 0.25) is 0 Å².